The van der Waals surface area contributed by atoms with Crippen LogP contribution in [0.4, 0.5) is 15.3 Å². The van der Waals surface area contributed by atoms with E-state index >= 15 is 0 Å². The number of amides is 4. The summed E-state index contributed by atoms with van der Waals surface area (Å²) >= 11 is 0. The zero-order chi connectivity index (χ0) is 31.1. The minimum absolute atomic E-state index is 0.113. The fourth-order valence-corrected chi connectivity index (χ4v) is 5.74. The monoisotopic (exact) mass is 593 g/mol. The number of imide groups is 1. The van der Waals surface area contributed by atoms with Gasteiger partial charge in [-0.1, -0.05) is 30.3 Å². The van der Waals surface area contributed by atoms with Crippen LogP contribution in [0.25, 0.3) is 0 Å². The predicted octanol–water partition coefficient (Wildman–Crippen LogP) is 3.41. The third-order valence-electron chi connectivity index (χ3n) is 8.03. The van der Waals surface area contributed by atoms with E-state index in [2.05, 4.69) is 15.5 Å². The number of ether oxygens (including phenoxy) is 2. The Morgan fingerprint density at radius 1 is 1.05 bits per heavy atom. The van der Waals surface area contributed by atoms with Gasteiger partial charge < -0.3 is 25.0 Å². The predicted molar refractivity (Wildman–Crippen MR) is 155 cm³/mol. The van der Waals surface area contributed by atoms with Crippen molar-refractivity contribution in [3.05, 3.63) is 87.1 Å². The Balaban J connectivity index is 1.41. The highest BCUT2D eigenvalue weighted by Gasteiger charge is 2.44. The van der Waals surface area contributed by atoms with E-state index in [-0.39, 0.29) is 22.9 Å². The first-order valence-electron chi connectivity index (χ1n) is 13.9. The number of nitro benzene ring substituents is 1. The van der Waals surface area contributed by atoms with Gasteiger partial charge in [0.2, 0.25) is 0 Å². The van der Waals surface area contributed by atoms with Crippen LogP contribution in [0.3, 0.4) is 0 Å². The second kappa shape index (κ2) is 13.5. The molecule has 1 unspecified atom stereocenters. The molecule has 43 heavy (non-hydrogen) atoms. The summed E-state index contributed by atoms with van der Waals surface area (Å²) in [6.45, 7) is 3.91. The molecule has 0 aliphatic carbocycles. The SMILES string of the molecule is COC(=O)N1C(=O)NC(C)=C(C(=O)NCCCN2CCC(C(=O)OC)(c3ccccc3)CC2)C1c1ccc([N+](=O)[O-])cc1. The maximum Gasteiger partial charge on any atom is 0.418 e. The topological polar surface area (TPSA) is 160 Å². The molecular formula is C30H35N5O8. The van der Waals surface area contributed by atoms with Crippen LogP contribution < -0.4 is 10.6 Å². The lowest BCUT2D eigenvalue weighted by Crippen LogP contribution is -2.52. The number of benzene rings is 2. The van der Waals surface area contributed by atoms with Gasteiger partial charge in [0.25, 0.3) is 11.6 Å². The first-order valence-corrected chi connectivity index (χ1v) is 13.9. The molecular weight excluding hydrogens is 558 g/mol. The van der Waals surface area contributed by atoms with Crippen molar-refractivity contribution < 1.29 is 33.6 Å². The van der Waals surface area contributed by atoms with Crippen molar-refractivity contribution >= 4 is 29.7 Å². The average molecular weight is 594 g/mol. The number of carbonyl (C=O) groups is 4. The van der Waals surface area contributed by atoms with Gasteiger partial charge in [-0.15, -0.1) is 0 Å². The number of methoxy groups -OCH3 is 2. The highest BCUT2D eigenvalue weighted by atomic mass is 16.6. The highest BCUT2D eigenvalue weighted by Crippen LogP contribution is 2.37. The smallest absolute Gasteiger partial charge is 0.418 e. The summed E-state index contributed by atoms with van der Waals surface area (Å²) in [4.78, 5) is 65.2. The molecule has 0 saturated carbocycles. The third kappa shape index (κ3) is 6.51. The normalized spacial score (nSPS) is 18.4. The Kier molecular flexibility index (Phi) is 9.76. The van der Waals surface area contributed by atoms with Crippen LogP contribution in [-0.4, -0.2) is 79.1 Å². The van der Waals surface area contributed by atoms with Gasteiger partial charge in [0, 0.05) is 24.4 Å². The summed E-state index contributed by atoms with van der Waals surface area (Å²) in [5.41, 5.74) is 0.779. The van der Waals surface area contributed by atoms with E-state index < -0.39 is 34.4 Å². The fraction of sp³-hybridized carbons (Fsp3) is 0.400. The van der Waals surface area contributed by atoms with Crippen molar-refractivity contribution in [2.24, 2.45) is 0 Å². The van der Waals surface area contributed by atoms with Gasteiger partial charge in [0.15, 0.2) is 0 Å². The molecule has 0 aromatic heterocycles. The molecule has 2 aliphatic rings. The Morgan fingerprint density at radius 2 is 1.70 bits per heavy atom. The molecule has 4 amide bonds. The molecule has 2 aliphatic heterocycles. The number of hydrogen-bond acceptors (Lipinski definition) is 9. The summed E-state index contributed by atoms with van der Waals surface area (Å²) < 4.78 is 9.97. The molecule has 0 radical (unpaired) electrons. The number of non-ortho nitro benzene ring substituents is 1. The summed E-state index contributed by atoms with van der Waals surface area (Å²) in [5, 5.41) is 16.6. The minimum Gasteiger partial charge on any atom is -0.468 e. The van der Waals surface area contributed by atoms with Gasteiger partial charge >= 0.3 is 18.1 Å². The average Bonchev–Trinajstić information content (AvgIpc) is 3.02. The fourth-order valence-electron chi connectivity index (χ4n) is 5.74. The van der Waals surface area contributed by atoms with Crippen molar-refractivity contribution in [2.75, 3.05) is 40.4 Å². The number of likely N-dealkylation sites (tertiary alicyclic amines) is 1. The lowest BCUT2D eigenvalue weighted by Gasteiger charge is -2.40. The molecule has 0 spiro atoms. The summed E-state index contributed by atoms with van der Waals surface area (Å²) in [7, 11) is 2.52. The molecule has 4 rings (SSSR count). The van der Waals surface area contributed by atoms with E-state index in [1.807, 2.05) is 30.3 Å². The van der Waals surface area contributed by atoms with E-state index in [0.717, 1.165) is 17.6 Å². The molecule has 0 bridgehead atoms. The number of carbonyl (C=O) groups excluding carboxylic acids is 4. The number of nitro groups is 1. The molecule has 13 nitrogen and oxygen atoms in total. The van der Waals surface area contributed by atoms with E-state index in [4.69, 9.17) is 9.47 Å². The maximum atomic E-state index is 13.5. The van der Waals surface area contributed by atoms with E-state index in [1.54, 1.807) is 6.92 Å². The lowest BCUT2D eigenvalue weighted by molar-refractivity contribution is -0.384. The molecule has 1 saturated heterocycles. The van der Waals surface area contributed by atoms with Crippen molar-refractivity contribution in [3.63, 3.8) is 0 Å². The van der Waals surface area contributed by atoms with E-state index in [1.165, 1.54) is 31.4 Å². The Hall–Kier alpha value is -4.78. The summed E-state index contributed by atoms with van der Waals surface area (Å²) in [6, 6.07) is 13.0. The second-order valence-corrected chi connectivity index (χ2v) is 10.5. The first kappa shape index (κ1) is 31.2. The molecule has 2 heterocycles. The van der Waals surface area contributed by atoms with Crippen LogP contribution >= 0.6 is 0 Å². The van der Waals surface area contributed by atoms with Crippen LogP contribution in [0.5, 0.6) is 0 Å². The largest absolute Gasteiger partial charge is 0.468 e. The van der Waals surface area contributed by atoms with Crippen LogP contribution in [0.2, 0.25) is 0 Å². The molecule has 2 aromatic rings. The number of nitrogens with zero attached hydrogens (tertiary/aromatic N) is 3. The molecule has 1 atom stereocenters. The van der Waals surface area contributed by atoms with Gasteiger partial charge in [-0.2, -0.15) is 0 Å². The standard InChI is InChI=1S/C30H35N5O8/c1-20-24(25(34(28(38)32-20)29(39)43-3)21-10-12-23(13-11-21)35(40)41)26(36)31-16-7-17-33-18-14-30(15-19-33,27(37)42-2)22-8-5-4-6-9-22/h4-6,8-13,25H,7,14-19H2,1-3H3,(H,31,36)(H,32,38). The van der Waals surface area contributed by atoms with Gasteiger partial charge in [-0.05, 0) is 69.1 Å². The Bertz CT molecular complexity index is 1400. The number of piperidine rings is 1. The van der Waals surface area contributed by atoms with Crippen LogP contribution in [0, 0.1) is 10.1 Å². The van der Waals surface area contributed by atoms with Gasteiger partial charge in [0.1, 0.15) is 6.04 Å². The minimum atomic E-state index is -1.16. The molecule has 2 N–H and O–H groups in total. The Labute approximate surface area is 249 Å². The third-order valence-corrected chi connectivity index (χ3v) is 8.03. The van der Waals surface area contributed by atoms with Crippen LogP contribution in [0.1, 0.15) is 43.4 Å². The number of esters is 1. The second-order valence-electron chi connectivity index (χ2n) is 10.5. The molecule has 2 aromatic carbocycles. The van der Waals surface area contributed by atoms with Crippen molar-refractivity contribution in [1.82, 2.24) is 20.4 Å². The van der Waals surface area contributed by atoms with E-state index in [9.17, 15) is 29.3 Å². The summed E-state index contributed by atoms with van der Waals surface area (Å²) in [6.07, 6.45) is 0.857. The highest BCUT2D eigenvalue weighted by molar-refractivity contribution is 6.02. The van der Waals surface area contributed by atoms with Crippen LogP contribution in [0.15, 0.2) is 65.9 Å². The van der Waals surface area contributed by atoms with Crippen molar-refractivity contribution in [2.45, 2.75) is 37.6 Å². The number of rotatable bonds is 9. The number of urea groups is 1. The summed E-state index contributed by atoms with van der Waals surface area (Å²) in [5.74, 6) is -0.736. The maximum absolute atomic E-state index is 13.5. The van der Waals surface area contributed by atoms with Gasteiger partial charge in [-0.3, -0.25) is 19.7 Å². The van der Waals surface area contributed by atoms with E-state index in [0.29, 0.717) is 51.0 Å². The molecule has 228 valence electrons. The molecule has 13 heteroatoms. The quantitative estimate of drug-likeness (QED) is 0.192. The first-order chi connectivity index (χ1) is 20.6. The number of nitrogens with one attached hydrogen (secondary N) is 2. The van der Waals surface area contributed by atoms with Gasteiger partial charge in [-0.25, -0.2) is 14.5 Å². The van der Waals surface area contributed by atoms with Crippen molar-refractivity contribution in [3.8, 4) is 0 Å². The molecule has 1 fully saturated rings. The number of hydrogen-bond donors (Lipinski definition) is 2. The zero-order valence-electron chi connectivity index (χ0n) is 24.3. The van der Waals surface area contributed by atoms with Gasteiger partial charge in [0.05, 0.1) is 30.1 Å². The Morgan fingerprint density at radius 3 is 2.28 bits per heavy atom. The van der Waals surface area contributed by atoms with Crippen molar-refractivity contribution in [1.29, 1.82) is 0 Å². The zero-order valence-corrected chi connectivity index (χ0v) is 24.3. The number of allylic oxidation sites excluding steroid dienone is 1. The van der Waals surface area contributed by atoms with Crippen LogP contribution in [-0.2, 0) is 24.5 Å². The lowest BCUT2D eigenvalue weighted by atomic mass is 9.72.